The number of pyridine rings is 1. The minimum absolute atomic E-state index is 0. The zero-order valence-corrected chi connectivity index (χ0v) is 7.64. The molecule has 0 aliphatic heterocycles. The van der Waals surface area contributed by atoms with E-state index in [0.717, 1.165) is 11.0 Å². The average molecular weight is 259 g/mol. The fourth-order valence-electron chi connectivity index (χ4n) is 1.72. The van der Waals surface area contributed by atoms with E-state index >= 15 is 0 Å². The maximum Gasteiger partial charge on any atom is 0.0709 e. The van der Waals surface area contributed by atoms with Crippen molar-refractivity contribution in [2.24, 2.45) is 0 Å². The van der Waals surface area contributed by atoms with Gasteiger partial charge in [0.25, 0.3) is 0 Å². The Kier molecular flexibility index (Phi) is 6.84. The topological polar surface area (TPSA) is 12.9 Å². The van der Waals surface area contributed by atoms with Crippen LogP contribution in [0.3, 0.4) is 0 Å². The Balaban J connectivity index is 0.000000640. The van der Waals surface area contributed by atoms with Crippen LogP contribution in [-0.4, -0.2) is 108 Å². The van der Waals surface area contributed by atoms with Crippen LogP contribution in [0.2, 0.25) is 0 Å². The smallest absolute Gasteiger partial charge is 0.0709 e. The maximum absolute atomic E-state index is 4.58. The summed E-state index contributed by atoms with van der Waals surface area (Å²) in [6.07, 6.45) is 0. The van der Waals surface area contributed by atoms with Gasteiger partial charge in [-0.25, -0.2) is 4.98 Å². The molecule has 1 aromatic heterocycles. The summed E-state index contributed by atoms with van der Waals surface area (Å²) in [5.41, 5.74) is 2.12. The molecule has 0 aliphatic rings. The summed E-state index contributed by atoms with van der Waals surface area (Å²) in [5.74, 6) is 0. The van der Waals surface area contributed by atoms with Gasteiger partial charge in [-0.15, -0.1) is 0 Å². The van der Waals surface area contributed by atoms with Crippen LogP contribution in [0.4, 0.5) is 0 Å². The van der Waals surface area contributed by atoms with Crippen molar-refractivity contribution in [3.8, 4) is 0 Å². The van der Waals surface area contributed by atoms with Crippen molar-refractivity contribution in [2.75, 3.05) is 0 Å². The van der Waals surface area contributed by atoms with Gasteiger partial charge in [0, 0.05) is 10.8 Å². The Morgan fingerprint density at radius 3 is 1.56 bits per heavy atom. The van der Waals surface area contributed by atoms with Crippen LogP contribution in [0.1, 0.15) is 0 Å². The maximum atomic E-state index is 4.58. The Morgan fingerprint density at radius 1 is 0.625 bits per heavy atom. The predicted molar refractivity (Wildman–Crippen MR) is 73.5 cm³/mol. The van der Waals surface area contributed by atoms with E-state index in [2.05, 4.69) is 23.2 Å². The Morgan fingerprint density at radius 2 is 1.06 bits per heavy atom. The Hall–Kier alpha value is 1.38. The summed E-state index contributed by atoms with van der Waals surface area (Å²) in [5, 5.41) is 2.40. The Labute approximate surface area is 180 Å². The first-order valence-corrected chi connectivity index (χ1v) is 4.68. The van der Waals surface area contributed by atoms with Gasteiger partial charge in [0.05, 0.1) is 11.0 Å². The van der Waals surface area contributed by atoms with Crippen molar-refractivity contribution in [1.29, 1.82) is 0 Å². The molecule has 3 aromatic rings. The van der Waals surface area contributed by atoms with Crippen LogP contribution in [0.5, 0.6) is 0 Å². The van der Waals surface area contributed by atoms with Crippen molar-refractivity contribution in [1.82, 2.24) is 4.98 Å². The van der Waals surface area contributed by atoms with Crippen molar-refractivity contribution in [3.63, 3.8) is 0 Å². The molecule has 70 valence electrons. The number of rotatable bonds is 0. The van der Waals surface area contributed by atoms with Gasteiger partial charge in [0.2, 0.25) is 0 Å². The van der Waals surface area contributed by atoms with Crippen LogP contribution in [0.25, 0.3) is 21.8 Å². The van der Waals surface area contributed by atoms with Crippen LogP contribution in [-0.2, 0) is 0 Å². The molecule has 16 heavy (non-hydrogen) atoms. The minimum Gasteiger partial charge on any atom is -0.248 e. The van der Waals surface area contributed by atoms with E-state index in [1.165, 1.54) is 10.8 Å². The molecule has 0 fully saturated rings. The largest absolute Gasteiger partial charge is 0.248 e. The number of fused-ring (bicyclic) bond motifs is 2. The molecular formula is C13H11K2N. The Bertz CT molecular complexity index is 503. The van der Waals surface area contributed by atoms with Gasteiger partial charge in [-0.1, -0.05) is 36.4 Å². The number of para-hydroxylation sites is 2. The SMILES string of the molecule is [KH].[KH].c1ccc2nc3ccccc3cc2c1. The normalized spacial score (nSPS) is 9.50. The second-order valence-electron chi connectivity index (χ2n) is 3.37. The number of nitrogens with zero attached hydrogens (tertiary/aromatic N) is 1. The molecule has 0 bridgehead atoms. The number of benzene rings is 2. The van der Waals surface area contributed by atoms with Gasteiger partial charge in [-0.05, 0) is 18.2 Å². The first kappa shape index (κ1) is 15.4. The van der Waals surface area contributed by atoms with E-state index < -0.39 is 0 Å². The molecule has 1 nitrogen and oxygen atoms in total. The number of hydrogen-bond acceptors (Lipinski definition) is 1. The van der Waals surface area contributed by atoms with Gasteiger partial charge in [0.1, 0.15) is 0 Å². The third-order valence-corrected chi connectivity index (χ3v) is 2.43. The van der Waals surface area contributed by atoms with Crippen molar-refractivity contribution in [3.05, 3.63) is 54.6 Å². The fourth-order valence-corrected chi connectivity index (χ4v) is 1.72. The van der Waals surface area contributed by atoms with E-state index in [0.29, 0.717) is 0 Å². The van der Waals surface area contributed by atoms with Crippen molar-refractivity contribution >= 4 is 125 Å². The van der Waals surface area contributed by atoms with Crippen LogP contribution < -0.4 is 0 Å². The average Bonchev–Trinajstić information content (AvgIpc) is 2.26. The van der Waals surface area contributed by atoms with E-state index in [1.54, 1.807) is 0 Å². The minimum atomic E-state index is 0. The number of aromatic nitrogens is 1. The summed E-state index contributed by atoms with van der Waals surface area (Å²) in [4.78, 5) is 4.58. The number of hydrogen-bond donors (Lipinski definition) is 0. The van der Waals surface area contributed by atoms with E-state index in [1.807, 2.05) is 36.4 Å². The molecule has 0 aliphatic carbocycles. The van der Waals surface area contributed by atoms with Crippen molar-refractivity contribution < 1.29 is 0 Å². The third-order valence-electron chi connectivity index (χ3n) is 2.43. The fraction of sp³-hybridized carbons (Fsp3) is 0. The molecule has 0 N–H and O–H groups in total. The van der Waals surface area contributed by atoms with Gasteiger partial charge < -0.3 is 0 Å². The molecule has 2 aromatic carbocycles. The van der Waals surface area contributed by atoms with Crippen molar-refractivity contribution in [2.45, 2.75) is 0 Å². The predicted octanol–water partition coefficient (Wildman–Crippen LogP) is 2.09. The molecule has 3 heteroatoms. The quantitative estimate of drug-likeness (QED) is 0.445. The van der Waals surface area contributed by atoms with Gasteiger partial charge in [-0.3, -0.25) is 0 Å². The molecule has 0 atom stereocenters. The van der Waals surface area contributed by atoms with E-state index in [4.69, 9.17) is 0 Å². The summed E-state index contributed by atoms with van der Waals surface area (Å²) < 4.78 is 0. The molecule has 0 saturated heterocycles. The summed E-state index contributed by atoms with van der Waals surface area (Å²) in [6.45, 7) is 0. The molecule has 0 radical (unpaired) electrons. The second-order valence-corrected chi connectivity index (χ2v) is 3.37. The molecule has 0 amide bonds. The first-order chi connectivity index (χ1) is 6.93. The third kappa shape index (κ3) is 3.23. The van der Waals surface area contributed by atoms with E-state index in [9.17, 15) is 0 Å². The zero-order valence-electron chi connectivity index (χ0n) is 7.64. The molecular weight excluding hydrogens is 248 g/mol. The van der Waals surface area contributed by atoms with Crippen LogP contribution >= 0.6 is 0 Å². The second kappa shape index (κ2) is 7.09. The molecule has 0 unspecified atom stereocenters. The molecule has 0 saturated carbocycles. The van der Waals surface area contributed by atoms with Gasteiger partial charge in [-0.2, -0.15) is 0 Å². The standard InChI is InChI=1S/C13H9N.2K.2H/c1-3-7-12-10(5-1)9-11-6-2-4-8-13(11)14-12;;;;/h1-9H;;;;. The summed E-state index contributed by atoms with van der Waals surface area (Å²) in [6, 6.07) is 18.6. The van der Waals surface area contributed by atoms with E-state index in [-0.39, 0.29) is 103 Å². The first-order valence-electron chi connectivity index (χ1n) is 4.68. The monoisotopic (exact) mass is 259 g/mol. The zero-order chi connectivity index (χ0) is 9.38. The summed E-state index contributed by atoms with van der Waals surface area (Å²) in [7, 11) is 0. The molecule has 1 heterocycles. The van der Waals surface area contributed by atoms with Crippen LogP contribution in [0, 0.1) is 0 Å². The van der Waals surface area contributed by atoms with Gasteiger partial charge >= 0.3 is 103 Å². The molecule has 3 rings (SSSR count). The van der Waals surface area contributed by atoms with Gasteiger partial charge in [0.15, 0.2) is 0 Å². The molecule has 0 spiro atoms. The van der Waals surface area contributed by atoms with Crippen LogP contribution in [0.15, 0.2) is 54.6 Å². The summed E-state index contributed by atoms with van der Waals surface area (Å²) >= 11 is 0.